The Labute approximate surface area is 133 Å². The lowest BCUT2D eigenvalue weighted by Gasteiger charge is -2.45. The second kappa shape index (κ2) is 8.20. The third-order valence-corrected chi connectivity index (χ3v) is 6.35. The summed E-state index contributed by atoms with van der Waals surface area (Å²) in [5.74, 6) is 4.72. The zero-order valence-corrected chi connectivity index (χ0v) is 14.6. The van der Waals surface area contributed by atoms with E-state index in [0.29, 0.717) is 5.92 Å². The average molecular weight is 289 g/mol. The summed E-state index contributed by atoms with van der Waals surface area (Å²) in [6.07, 6.45) is 17.3. The first-order valence-corrected chi connectivity index (χ1v) is 9.50. The van der Waals surface area contributed by atoms with Crippen molar-refractivity contribution in [1.29, 1.82) is 0 Å². The summed E-state index contributed by atoms with van der Waals surface area (Å²) in [4.78, 5) is 0. The molecule has 1 saturated carbocycles. The van der Waals surface area contributed by atoms with Gasteiger partial charge in [-0.15, -0.1) is 6.58 Å². The van der Waals surface area contributed by atoms with Gasteiger partial charge in [-0.05, 0) is 55.8 Å². The zero-order valence-electron chi connectivity index (χ0n) is 14.6. The quantitative estimate of drug-likeness (QED) is 0.389. The number of hydrogen-bond acceptors (Lipinski definition) is 0. The molecule has 2 aliphatic carbocycles. The van der Waals surface area contributed by atoms with Gasteiger partial charge in [-0.25, -0.2) is 0 Å². The molecule has 21 heavy (non-hydrogen) atoms. The van der Waals surface area contributed by atoms with Gasteiger partial charge in [0, 0.05) is 5.92 Å². The molecule has 120 valence electrons. The summed E-state index contributed by atoms with van der Waals surface area (Å²) in [6, 6.07) is 0. The van der Waals surface area contributed by atoms with Gasteiger partial charge in [-0.3, -0.25) is 0 Å². The molecule has 0 amide bonds. The molecule has 0 saturated heterocycles. The highest BCUT2D eigenvalue weighted by atomic mass is 14.4. The first-order chi connectivity index (χ1) is 10.2. The Hall–Kier alpha value is -0.520. The van der Waals surface area contributed by atoms with E-state index in [1.165, 1.54) is 57.8 Å². The second-order valence-corrected chi connectivity index (χ2v) is 7.68. The first-order valence-electron chi connectivity index (χ1n) is 9.50. The van der Waals surface area contributed by atoms with E-state index >= 15 is 0 Å². The Bertz CT molecular complexity index is 351. The summed E-state index contributed by atoms with van der Waals surface area (Å²) in [5.41, 5.74) is 1.68. The van der Waals surface area contributed by atoms with Crippen LogP contribution in [0.25, 0.3) is 0 Å². The Morgan fingerprint density at radius 3 is 2.71 bits per heavy atom. The summed E-state index contributed by atoms with van der Waals surface area (Å²) in [6.45, 7) is 11.2. The van der Waals surface area contributed by atoms with Crippen molar-refractivity contribution in [1.82, 2.24) is 0 Å². The molecule has 0 bridgehead atoms. The van der Waals surface area contributed by atoms with E-state index in [4.69, 9.17) is 0 Å². The third kappa shape index (κ3) is 4.24. The van der Waals surface area contributed by atoms with Crippen molar-refractivity contribution in [2.45, 2.75) is 78.6 Å². The van der Waals surface area contributed by atoms with Crippen molar-refractivity contribution in [2.75, 3.05) is 0 Å². The van der Waals surface area contributed by atoms with Gasteiger partial charge >= 0.3 is 0 Å². The summed E-state index contributed by atoms with van der Waals surface area (Å²) < 4.78 is 0. The molecule has 0 heteroatoms. The molecular formula is C21H36. The Kier molecular flexibility index (Phi) is 6.58. The molecule has 0 spiro atoms. The second-order valence-electron chi connectivity index (χ2n) is 7.68. The van der Waals surface area contributed by atoms with Crippen LogP contribution in [0.4, 0.5) is 0 Å². The van der Waals surface area contributed by atoms with Crippen LogP contribution in [0.2, 0.25) is 0 Å². The number of allylic oxidation sites excluding steroid dienone is 3. The van der Waals surface area contributed by atoms with Crippen molar-refractivity contribution < 1.29 is 0 Å². The lowest BCUT2D eigenvalue weighted by Crippen LogP contribution is -2.36. The van der Waals surface area contributed by atoms with Crippen molar-refractivity contribution >= 4 is 0 Å². The van der Waals surface area contributed by atoms with E-state index in [1.54, 1.807) is 5.57 Å². The molecule has 0 heterocycles. The number of unbranched alkanes of at least 4 members (excludes halogenated alkanes) is 1. The maximum absolute atomic E-state index is 3.96. The highest BCUT2D eigenvalue weighted by Crippen LogP contribution is 2.48. The van der Waals surface area contributed by atoms with Gasteiger partial charge in [0.05, 0.1) is 0 Å². The molecule has 0 aromatic heterocycles. The van der Waals surface area contributed by atoms with Gasteiger partial charge in [0.25, 0.3) is 0 Å². The standard InChI is InChI=1S/C21H36/c1-5-8-9-17(6-2)15-20-14-16(4)21(20)13-12-19-11-10-18(19)7-3/h7,11,16-18,20-21H,3,5-6,8-10,12-15H2,1-2,4H3. The fourth-order valence-corrected chi connectivity index (χ4v) is 4.59. The van der Waals surface area contributed by atoms with Crippen LogP contribution in [-0.4, -0.2) is 0 Å². The molecule has 0 aliphatic heterocycles. The predicted molar refractivity (Wildman–Crippen MR) is 94.3 cm³/mol. The number of hydrogen-bond donors (Lipinski definition) is 0. The van der Waals surface area contributed by atoms with Gasteiger partial charge in [0.1, 0.15) is 0 Å². The van der Waals surface area contributed by atoms with E-state index in [0.717, 1.165) is 23.7 Å². The fraction of sp³-hybridized carbons (Fsp3) is 0.810. The molecule has 5 atom stereocenters. The van der Waals surface area contributed by atoms with Crippen LogP contribution in [0.15, 0.2) is 24.3 Å². The van der Waals surface area contributed by atoms with Gasteiger partial charge in [-0.2, -0.15) is 0 Å². The maximum Gasteiger partial charge on any atom is 0.000866 e. The lowest BCUT2D eigenvalue weighted by atomic mass is 9.60. The van der Waals surface area contributed by atoms with Crippen LogP contribution in [0, 0.1) is 29.6 Å². The molecule has 0 N–H and O–H groups in total. The smallest absolute Gasteiger partial charge is 0.000866 e. The van der Waals surface area contributed by atoms with E-state index in [1.807, 2.05) is 0 Å². The Balaban J connectivity index is 1.75. The van der Waals surface area contributed by atoms with Gasteiger partial charge < -0.3 is 0 Å². The SMILES string of the molecule is C=CC1CC=C1CCC1C(C)CC1CC(CC)CCCC. The van der Waals surface area contributed by atoms with Crippen LogP contribution >= 0.6 is 0 Å². The van der Waals surface area contributed by atoms with Crippen LogP contribution in [0.3, 0.4) is 0 Å². The normalized spacial score (nSPS) is 32.8. The zero-order chi connectivity index (χ0) is 15.2. The lowest BCUT2D eigenvalue weighted by molar-refractivity contribution is 0.0530. The van der Waals surface area contributed by atoms with Gasteiger partial charge in [0.15, 0.2) is 0 Å². The minimum absolute atomic E-state index is 0.715. The molecule has 2 aliphatic rings. The van der Waals surface area contributed by atoms with E-state index < -0.39 is 0 Å². The molecule has 0 aromatic carbocycles. The minimum Gasteiger partial charge on any atom is -0.102 e. The maximum atomic E-state index is 3.96. The molecular weight excluding hydrogens is 252 g/mol. The van der Waals surface area contributed by atoms with E-state index in [-0.39, 0.29) is 0 Å². The number of rotatable bonds is 10. The van der Waals surface area contributed by atoms with Crippen molar-refractivity contribution in [2.24, 2.45) is 29.6 Å². The minimum atomic E-state index is 0.715. The molecule has 0 radical (unpaired) electrons. The Morgan fingerprint density at radius 2 is 2.19 bits per heavy atom. The van der Waals surface area contributed by atoms with E-state index in [9.17, 15) is 0 Å². The highest BCUT2D eigenvalue weighted by Gasteiger charge is 2.38. The summed E-state index contributed by atoms with van der Waals surface area (Å²) in [5, 5.41) is 0. The van der Waals surface area contributed by atoms with Gasteiger partial charge in [0.2, 0.25) is 0 Å². The molecule has 1 fully saturated rings. The molecule has 0 aromatic rings. The fourth-order valence-electron chi connectivity index (χ4n) is 4.59. The first kappa shape index (κ1) is 16.8. The predicted octanol–water partition coefficient (Wildman–Crippen LogP) is 6.78. The van der Waals surface area contributed by atoms with Crippen LogP contribution < -0.4 is 0 Å². The largest absolute Gasteiger partial charge is 0.102 e. The van der Waals surface area contributed by atoms with Crippen molar-refractivity contribution in [3.05, 3.63) is 24.3 Å². The third-order valence-electron chi connectivity index (χ3n) is 6.35. The van der Waals surface area contributed by atoms with Crippen molar-refractivity contribution in [3.8, 4) is 0 Å². The van der Waals surface area contributed by atoms with Crippen LogP contribution in [0.5, 0.6) is 0 Å². The molecule has 2 rings (SSSR count). The topological polar surface area (TPSA) is 0 Å². The van der Waals surface area contributed by atoms with Crippen LogP contribution in [0.1, 0.15) is 78.6 Å². The monoisotopic (exact) mass is 288 g/mol. The Morgan fingerprint density at radius 1 is 1.38 bits per heavy atom. The molecule has 5 unspecified atom stereocenters. The summed E-state index contributed by atoms with van der Waals surface area (Å²) >= 11 is 0. The van der Waals surface area contributed by atoms with Crippen LogP contribution in [-0.2, 0) is 0 Å². The molecule has 0 nitrogen and oxygen atoms in total. The van der Waals surface area contributed by atoms with Gasteiger partial charge in [-0.1, -0.05) is 64.2 Å². The highest BCUT2D eigenvalue weighted by molar-refractivity contribution is 5.22. The van der Waals surface area contributed by atoms with Crippen molar-refractivity contribution in [3.63, 3.8) is 0 Å². The average Bonchev–Trinajstić information content (AvgIpc) is 2.45. The summed E-state index contributed by atoms with van der Waals surface area (Å²) in [7, 11) is 0. The van der Waals surface area contributed by atoms with E-state index in [2.05, 4.69) is 39.5 Å².